The van der Waals surface area contributed by atoms with Crippen molar-refractivity contribution in [1.29, 1.82) is 0 Å². The molecule has 2 bridgehead atoms. The molecule has 0 aromatic rings. The number of rotatable bonds is 0. The highest BCUT2D eigenvalue weighted by molar-refractivity contribution is 5.04. The van der Waals surface area contributed by atoms with Gasteiger partial charge in [0.05, 0.1) is 0 Å². The van der Waals surface area contributed by atoms with Gasteiger partial charge >= 0.3 is 0 Å². The van der Waals surface area contributed by atoms with E-state index in [2.05, 4.69) is 13.8 Å². The highest BCUT2D eigenvalue weighted by Gasteiger charge is 2.55. The number of hydrogen-bond donors (Lipinski definition) is 0. The molecule has 3 saturated carbocycles. The first-order chi connectivity index (χ1) is 5.79. The van der Waals surface area contributed by atoms with E-state index >= 15 is 0 Å². The van der Waals surface area contributed by atoms with Crippen LogP contribution in [-0.2, 0) is 0 Å². The Morgan fingerprint density at radius 2 is 1.25 bits per heavy atom. The summed E-state index contributed by atoms with van der Waals surface area (Å²) in [6.45, 7) is 5.01. The second-order valence-electron chi connectivity index (χ2n) is 5.54. The van der Waals surface area contributed by atoms with Crippen molar-refractivity contribution in [3.8, 4) is 0 Å². The van der Waals surface area contributed by atoms with Crippen LogP contribution in [0, 0.1) is 35.5 Å². The lowest BCUT2D eigenvalue weighted by Crippen LogP contribution is -2.28. The third kappa shape index (κ3) is 0.701. The van der Waals surface area contributed by atoms with Crippen molar-refractivity contribution in [3.05, 3.63) is 0 Å². The summed E-state index contributed by atoms with van der Waals surface area (Å²) in [6, 6.07) is 0. The molecule has 6 atom stereocenters. The predicted octanol–water partition coefficient (Wildman–Crippen LogP) is 3.32. The van der Waals surface area contributed by atoms with Gasteiger partial charge in [-0.1, -0.05) is 20.3 Å². The third-order valence-corrected chi connectivity index (χ3v) is 5.45. The van der Waals surface area contributed by atoms with Crippen LogP contribution in [-0.4, -0.2) is 0 Å². The molecule has 3 aliphatic carbocycles. The smallest absolute Gasteiger partial charge is 0.0352 e. The molecule has 0 aromatic heterocycles. The second kappa shape index (κ2) is 2.27. The maximum atomic E-state index is 2.50. The molecule has 6 unspecified atom stereocenters. The van der Waals surface area contributed by atoms with Crippen molar-refractivity contribution in [2.45, 2.75) is 39.5 Å². The van der Waals surface area contributed by atoms with E-state index in [0.29, 0.717) is 0 Å². The summed E-state index contributed by atoms with van der Waals surface area (Å²) >= 11 is 0. The van der Waals surface area contributed by atoms with Gasteiger partial charge < -0.3 is 0 Å². The summed E-state index contributed by atoms with van der Waals surface area (Å²) in [5, 5.41) is 0. The Hall–Kier alpha value is 0. The first kappa shape index (κ1) is 7.41. The fraction of sp³-hybridized carbons (Fsp3) is 1.00. The molecule has 0 heteroatoms. The highest BCUT2D eigenvalue weighted by atomic mass is 14.6. The van der Waals surface area contributed by atoms with Crippen LogP contribution in [0.3, 0.4) is 0 Å². The summed E-state index contributed by atoms with van der Waals surface area (Å²) in [4.78, 5) is 0. The van der Waals surface area contributed by atoms with Crippen molar-refractivity contribution in [3.63, 3.8) is 0 Å². The molecule has 0 N–H and O–H groups in total. The fourth-order valence-corrected chi connectivity index (χ4v) is 4.73. The van der Waals surface area contributed by atoms with Gasteiger partial charge in [0.1, 0.15) is 0 Å². The molecule has 12 heavy (non-hydrogen) atoms. The summed E-state index contributed by atoms with van der Waals surface area (Å²) in [7, 11) is 0. The van der Waals surface area contributed by atoms with Crippen LogP contribution in [0.5, 0.6) is 0 Å². The van der Waals surface area contributed by atoms with E-state index < -0.39 is 0 Å². The highest BCUT2D eigenvalue weighted by Crippen LogP contribution is 2.62. The maximum absolute atomic E-state index is 2.50. The molecule has 3 fully saturated rings. The molecule has 3 aliphatic rings. The molecule has 68 valence electrons. The van der Waals surface area contributed by atoms with Crippen molar-refractivity contribution in [1.82, 2.24) is 0 Å². The van der Waals surface area contributed by atoms with Crippen LogP contribution in [0.15, 0.2) is 0 Å². The van der Waals surface area contributed by atoms with E-state index in [0.717, 1.165) is 23.7 Å². The van der Waals surface area contributed by atoms with Gasteiger partial charge in [0, 0.05) is 0 Å². The van der Waals surface area contributed by atoms with Crippen molar-refractivity contribution < 1.29 is 0 Å². The van der Waals surface area contributed by atoms with Crippen molar-refractivity contribution >= 4 is 0 Å². The molecule has 0 amide bonds. The second-order valence-corrected chi connectivity index (χ2v) is 5.54. The lowest BCUT2D eigenvalue weighted by atomic mass is 9.71. The quantitative estimate of drug-likeness (QED) is 0.515. The van der Waals surface area contributed by atoms with Crippen LogP contribution >= 0.6 is 0 Å². The van der Waals surface area contributed by atoms with Gasteiger partial charge in [-0.25, -0.2) is 0 Å². The fourth-order valence-electron chi connectivity index (χ4n) is 4.73. The van der Waals surface area contributed by atoms with E-state index in [1.54, 1.807) is 25.7 Å². The average molecular weight is 164 g/mol. The van der Waals surface area contributed by atoms with Crippen LogP contribution in [0.1, 0.15) is 39.5 Å². The minimum atomic E-state index is 1.05. The number of hydrogen-bond acceptors (Lipinski definition) is 0. The first-order valence-electron chi connectivity index (χ1n) is 5.79. The van der Waals surface area contributed by atoms with Gasteiger partial charge in [-0.3, -0.25) is 0 Å². The lowest BCUT2D eigenvalue weighted by Gasteiger charge is -2.34. The molecule has 0 saturated heterocycles. The normalized spacial score (nSPS) is 62.5. The van der Waals surface area contributed by atoms with Crippen molar-refractivity contribution in [2.75, 3.05) is 0 Å². The van der Waals surface area contributed by atoms with E-state index in [9.17, 15) is 0 Å². The van der Waals surface area contributed by atoms with Crippen LogP contribution in [0.4, 0.5) is 0 Å². The van der Waals surface area contributed by atoms with Crippen LogP contribution in [0.25, 0.3) is 0 Å². The largest absolute Gasteiger partial charge is 0.0620 e. The summed E-state index contributed by atoms with van der Waals surface area (Å²) < 4.78 is 0. The molecule has 0 radical (unpaired) electrons. The van der Waals surface area contributed by atoms with Gasteiger partial charge in [-0.15, -0.1) is 0 Å². The van der Waals surface area contributed by atoms with E-state index in [1.807, 2.05) is 0 Å². The Bertz CT molecular complexity index is 176. The molecular weight excluding hydrogens is 144 g/mol. The first-order valence-corrected chi connectivity index (χ1v) is 5.79. The third-order valence-electron chi connectivity index (χ3n) is 5.45. The van der Waals surface area contributed by atoms with Gasteiger partial charge in [0.2, 0.25) is 0 Å². The summed E-state index contributed by atoms with van der Waals surface area (Å²) in [6.07, 6.45) is 6.28. The SMILES string of the molecule is CC1C(C)C2CC1C1CCCC21. The van der Waals surface area contributed by atoms with Crippen LogP contribution < -0.4 is 0 Å². The van der Waals surface area contributed by atoms with Gasteiger partial charge in [0.25, 0.3) is 0 Å². The Morgan fingerprint density at radius 3 is 1.75 bits per heavy atom. The van der Waals surface area contributed by atoms with Gasteiger partial charge in [-0.05, 0) is 54.8 Å². The van der Waals surface area contributed by atoms with Crippen LogP contribution in [0.2, 0.25) is 0 Å². The molecule has 0 aliphatic heterocycles. The molecule has 3 rings (SSSR count). The summed E-state index contributed by atoms with van der Waals surface area (Å²) in [5.74, 6) is 6.71. The number of fused-ring (bicyclic) bond motifs is 5. The zero-order chi connectivity index (χ0) is 8.29. The predicted molar refractivity (Wildman–Crippen MR) is 50.8 cm³/mol. The standard InChI is InChI=1S/C12H20/c1-7-8(2)12-6-11(7)9-4-3-5-10(9)12/h7-12H,3-6H2,1-2H3. The van der Waals surface area contributed by atoms with E-state index in [-0.39, 0.29) is 0 Å². The Balaban J connectivity index is 1.92. The zero-order valence-electron chi connectivity index (χ0n) is 8.29. The molecule has 0 aromatic carbocycles. The molecule has 0 nitrogen and oxygen atoms in total. The Kier molecular flexibility index (Phi) is 1.40. The molecule has 0 heterocycles. The molecular formula is C12H20. The monoisotopic (exact) mass is 164 g/mol. The van der Waals surface area contributed by atoms with Gasteiger partial charge in [0.15, 0.2) is 0 Å². The Labute approximate surface area is 75.7 Å². The summed E-state index contributed by atoms with van der Waals surface area (Å²) in [5.41, 5.74) is 0. The topological polar surface area (TPSA) is 0 Å². The minimum absolute atomic E-state index is 1.05. The van der Waals surface area contributed by atoms with E-state index in [1.165, 1.54) is 11.8 Å². The zero-order valence-corrected chi connectivity index (χ0v) is 8.29. The average Bonchev–Trinajstić information content (AvgIpc) is 2.63. The van der Waals surface area contributed by atoms with Crippen molar-refractivity contribution in [2.24, 2.45) is 35.5 Å². The minimum Gasteiger partial charge on any atom is -0.0620 e. The Morgan fingerprint density at radius 1 is 0.750 bits per heavy atom. The van der Waals surface area contributed by atoms with E-state index in [4.69, 9.17) is 0 Å². The maximum Gasteiger partial charge on any atom is -0.0352 e. The van der Waals surface area contributed by atoms with Gasteiger partial charge in [-0.2, -0.15) is 0 Å². The molecule has 0 spiro atoms. The lowest BCUT2D eigenvalue weighted by molar-refractivity contribution is 0.140.